The molecule has 0 aliphatic carbocycles. The molecule has 0 amide bonds. The van der Waals surface area contributed by atoms with E-state index in [4.69, 9.17) is 4.74 Å². The molecule has 0 bridgehead atoms. The number of hydrogen-bond donors (Lipinski definition) is 0. The van der Waals surface area contributed by atoms with E-state index in [-0.39, 0.29) is 5.56 Å². The van der Waals surface area contributed by atoms with Crippen molar-refractivity contribution in [1.82, 2.24) is 19.2 Å². The predicted octanol–water partition coefficient (Wildman–Crippen LogP) is 1.89. The summed E-state index contributed by atoms with van der Waals surface area (Å²) in [6, 6.07) is 17.2. The molecule has 0 unspecified atom stereocenters. The fourth-order valence-corrected chi connectivity index (χ4v) is 3.39. The molecular formula is C21H24N4O2. The van der Waals surface area contributed by atoms with Gasteiger partial charge in [0, 0.05) is 51.5 Å². The molecule has 6 nitrogen and oxygen atoms in total. The smallest absolute Gasteiger partial charge is 0.258 e. The second-order valence-corrected chi connectivity index (χ2v) is 6.79. The third-order valence-electron chi connectivity index (χ3n) is 4.89. The van der Waals surface area contributed by atoms with Gasteiger partial charge in [-0.1, -0.05) is 24.3 Å². The maximum Gasteiger partial charge on any atom is 0.258 e. The van der Waals surface area contributed by atoms with E-state index in [1.807, 2.05) is 48.5 Å². The van der Waals surface area contributed by atoms with Gasteiger partial charge in [0.2, 0.25) is 0 Å². The number of pyridine rings is 1. The molecule has 3 heterocycles. The highest BCUT2D eigenvalue weighted by molar-refractivity contribution is 5.38. The predicted molar refractivity (Wildman–Crippen MR) is 105 cm³/mol. The first-order chi connectivity index (χ1) is 13.3. The van der Waals surface area contributed by atoms with Gasteiger partial charge >= 0.3 is 0 Å². The van der Waals surface area contributed by atoms with Crippen molar-refractivity contribution in [2.75, 3.05) is 39.3 Å². The number of hydrogen-bond acceptors (Lipinski definition) is 5. The second kappa shape index (κ2) is 8.33. The first-order valence-corrected chi connectivity index (χ1v) is 9.38. The number of nitrogens with zero attached hydrogens (tertiary/aromatic N) is 4. The fraction of sp³-hybridized carbons (Fsp3) is 0.333. The van der Waals surface area contributed by atoms with E-state index in [9.17, 15) is 4.79 Å². The average Bonchev–Trinajstić information content (AvgIpc) is 2.70. The monoisotopic (exact) mass is 364 g/mol. The molecule has 0 spiro atoms. The Balaban J connectivity index is 1.26. The van der Waals surface area contributed by atoms with E-state index >= 15 is 0 Å². The van der Waals surface area contributed by atoms with Crippen LogP contribution in [0.5, 0.6) is 5.75 Å². The topological polar surface area (TPSA) is 50.1 Å². The third kappa shape index (κ3) is 4.53. The Morgan fingerprint density at radius 3 is 2.48 bits per heavy atom. The van der Waals surface area contributed by atoms with E-state index in [1.54, 1.807) is 16.7 Å². The molecule has 140 valence electrons. The fourth-order valence-electron chi connectivity index (χ4n) is 3.39. The van der Waals surface area contributed by atoms with Crippen molar-refractivity contribution >= 4 is 5.65 Å². The SMILES string of the molecule is O=c1cc(CN2CCN(CCOc3ccccc3)CC2)nc2ccccn12. The zero-order chi connectivity index (χ0) is 18.5. The summed E-state index contributed by atoms with van der Waals surface area (Å²) in [7, 11) is 0. The molecule has 1 aliphatic rings. The molecule has 0 saturated carbocycles. The van der Waals surface area contributed by atoms with Gasteiger partial charge in [-0.05, 0) is 24.3 Å². The Morgan fingerprint density at radius 2 is 1.67 bits per heavy atom. The van der Waals surface area contributed by atoms with Gasteiger partial charge in [0.15, 0.2) is 0 Å². The highest BCUT2D eigenvalue weighted by Crippen LogP contribution is 2.10. The lowest BCUT2D eigenvalue weighted by atomic mass is 10.2. The number of fused-ring (bicyclic) bond motifs is 1. The summed E-state index contributed by atoms with van der Waals surface area (Å²) < 4.78 is 7.36. The van der Waals surface area contributed by atoms with Crippen molar-refractivity contribution in [2.45, 2.75) is 6.54 Å². The van der Waals surface area contributed by atoms with E-state index < -0.39 is 0 Å². The Morgan fingerprint density at radius 1 is 0.926 bits per heavy atom. The van der Waals surface area contributed by atoms with Gasteiger partial charge in [0.1, 0.15) is 18.0 Å². The summed E-state index contributed by atoms with van der Waals surface area (Å²) in [5.74, 6) is 0.921. The van der Waals surface area contributed by atoms with Gasteiger partial charge in [-0.2, -0.15) is 0 Å². The minimum absolute atomic E-state index is 0.0210. The lowest BCUT2D eigenvalue weighted by Gasteiger charge is -2.34. The summed E-state index contributed by atoms with van der Waals surface area (Å²) in [4.78, 5) is 21.6. The van der Waals surface area contributed by atoms with E-state index in [2.05, 4.69) is 14.8 Å². The zero-order valence-electron chi connectivity index (χ0n) is 15.3. The molecule has 0 atom stereocenters. The number of piperazine rings is 1. The zero-order valence-corrected chi connectivity index (χ0v) is 15.3. The number of benzene rings is 1. The van der Waals surface area contributed by atoms with E-state index in [0.717, 1.165) is 50.7 Å². The van der Waals surface area contributed by atoms with Crippen molar-refractivity contribution in [3.63, 3.8) is 0 Å². The molecule has 2 aromatic heterocycles. The molecule has 4 rings (SSSR count). The molecule has 1 aromatic carbocycles. The number of para-hydroxylation sites is 1. The maximum absolute atomic E-state index is 12.2. The largest absolute Gasteiger partial charge is 0.492 e. The lowest BCUT2D eigenvalue weighted by molar-refractivity contribution is 0.111. The number of rotatable bonds is 6. The first-order valence-electron chi connectivity index (χ1n) is 9.38. The van der Waals surface area contributed by atoms with Crippen LogP contribution in [0.1, 0.15) is 5.69 Å². The Labute approximate surface area is 158 Å². The van der Waals surface area contributed by atoms with Gasteiger partial charge in [-0.25, -0.2) is 4.98 Å². The molecule has 0 N–H and O–H groups in total. The molecule has 27 heavy (non-hydrogen) atoms. The Bertz CT molecular complexity index is 934. The van der Waals surface area contributed by atoms with Crippen molar-refractivity contribution in [1.29, 1.82) is 0 Å². The van der Waals surface area contributed by atoms with Crippen LogP contribution in [0, 0.1) is 0 Å². The van der Waals surface area contributed by atoms with Crippen LogP contribution >= 0.6 is 0 Å². The van der Waals surface area contributed by atoms with E-state index in [0.29, 0.717) is 12.3 Å². The standard InChI is InChI=1S/C21H24N4O2/c26-21-16-18(22-20-8-4-5-9-25(20)21)17-24-12-10-23(11-13-24)14-15-27-19-6-2-1-3-7-19/h1-9,16H,10-15,17H2. The average molecular weight is 364 g/mol. The maximum atomic E-state index is 12.2. The van der Waals surface area contributed by atoms with Crippen LogP contribution in [0.4, 0.5) is 0 Å². The normalized spacial score (nSPS) is 15.9. The van der Waals surface area contributed by atoms with Crippen LogP contribution in [0.15, 0.2) is 65.6 Å². The Hall–Kier alpha value is -2.70. The van der Waals surface area contributed by atoms with Crippen LogP contribution in [-0.4, -0.2) is 58.5 Å². The summed E-state index contributed by atoms with van der Waals surface area (Å²) >= 11 is 0. The van der Waals surface area contributed by atoms with Gasteiger partial charge in [-0.3, -0.25) is 19.0 Å². The molecule has 0 radical (unpaired) electrons. The minimum Gasteiger partial charge on any atom is -0.492 e. The third-order valence-corrected chi connectivity index (χ3v) is 4.89. The van der Waals surface area contributed by atoms with Crippen molar-refractivity contribution in [2.24, 2.45) is 0 Å². The quantitative estimate of drug-likeness (QED) is 0.669. The molecule has 6 heteroatoms. The van der Waals surface area contributed by atoms with Crippen molar-refractivity contribution in [3.05, 3.63) is 76.8 Å². The number of ether oxygens (including phenoxy) is 1. The van der Waals surface area contributed by atoms with Gasteiger partial charge in [0.05, 0.1) is 5.69 Å². The van der Waals surface area contributed by atoms with Gasteiger partial charge in [-0.15, -0.1) is 0 Å². The van der Waals surface area contributed by atoms with Gasteiger partial charge < -0.3 is 4.74 Å². The van der Waals surface area contributed by atoms with Crippen LogP contribution < -0.4 is 10.3 Å². The minimum atomic E-state index is -0.0210. The molecule has 1 aliphatic heterocycles. The first kappa shape index (κ1) is 17.7. The van der Waals surface area contributed by atoms with Gasteiger partial charge in [0.25, 0.3) is 5.56 Å². The highest BCUT2D eigenvalue weighted by Gasteiger charge is 2.17. The molecule has 1 saturated heterocycles. The Kier molecular flexibility index (Phi) is 5.46. The van der Waals surface area contributed by atoms with Crippen LogP contribution in [0.3, 0.4) is 0 Å². The summed E-state index contributed by atoms with van der Waals surface area (Å²) in [5.41, 5.74) is 1.52. The van der Waals surface area contributed by atoms with E-state index in [1.165, 1.54) is 0 Å². The second-order valence-electron chi connectivity index (χ2n) is 6.79. The van der Waals surface area contributed by atoms with Crippen molar-refractivity contribution < 1.29 is 4.74 Å². The molecular weight excluding hydrogens is 340 g/mol. The van der Waals surface area contributed by atoms with Crippen molar-refractivity contribution in [3.8, 4) is 5.75 Å². The number of aromatic nitrogens is 2. The lowest BCUT2D eigenvalue weighted by Crippen LogP contribution is -2.47. The molecule has 1 fully saturated rings. The summed E-state index contributed by atoms with van der Waals surface area (Å²) in [6.07, 6.45) is 1.75. The summed E-state index contributed by atoms with van der Waals surface area (Å²) in [5, 5.41) is 0. The molecule has 3 aromatic rings. The highest BCUT2D eigenvalue weighted by atomic mass is 16.5. The van der Waals surface area contributed by atoms with Crippen LogP contribution in [-0.2, 0) is 6.54 Å². The van der Waals surface area contributed by atoms with Crippen LogP contribution in [0.2, 0.25) is 0 Å². The van der Waals surface area contributed by atoms with Crippen LogP contribution in [0.25, 0.3) is 5.65 Å². The summed E-state index contributed by atoms with van der Waals surface area (Å²) in [6.45, 7) is 6.30.